The molecule has 0 aromatic carbocycles. The van der Waals surface area contributed by atoms with Gasteiger partial charge in [0.25, 0.3) is 0 Å². The number of nitrogens with two attached hydrogens (primary N) is 1. The summed E-state index contributed by atoms with van der Waals surface area (Å²) in [5, 5.41) is 4.15. The van der Waals surface area contributed by atoms with Gasteiger partial charge in [0.1, 0.15) is 5.52 Å². The molecule has 0 spiro atoms. The number of aromatic nitrogens is 2. The van der Waals surface area contributed by atoms with Crippen LogP contribution in [-0.4, -0.2) is 34.2 Å². The van der Waals surface area contributed by atoms with Crippen molar-refractivity contribution in [3.63, 3.8) is 0 Å². The molecule has 2 aliphatic rings. The van der Waals surface area contributed by atoms with Crippen molar-refractivity contribution in [1.82, 2.24) is 9.55 Å². The molecule has 2 aromatic rings. The van der Waals surface area contributed by atoms with Crippen molar-refractivity contribution in [2.45, 2.75) is 57.9 Å². The molecular formula is C20H26N4O3. The first-order valence-electron chi connectivity index (χ1n) is 9.78. The Kier molecular flexibility index (Phi) is 4.76. The second-order valence-electron chi connectivity index (χ2n) is 7.79. The lowest BCUT2D eigenvalue weighted by atomic mass is 9.95. The maximum Gasteiger partial charge on any atom is 0.340 e. The Bertz CT molecular complexity index is 879. The summed E-state index contributed by atoms with van der Waals surface area (Å²) in [6.45, 7) is 2.31. The molecule has 2 aliphatic carbocycles. The molecule has 7 nitrogen and oxygen atoms in total. The molecule has 0 atom stereocenters. The highest BCUT2D eigenvalue weighted by Gasteiger charge is 2.26. The summed E-state index contributed by atoms with van der Waals surface area (Å²) in [6.07, 6.45) is 11.2. The summed E-state index contributed by atoms with van der Waals surface area (Å²) < 4.78 is 6.83. The fourth-order valence-electron chi connectivity index (χ4n) is 3.89. The number of hydrogen-bond acceptors (Lipinski definition) is 5. The van der Waals surface area contributed by atoms with Gasteiger partial charge in [0.05, 0.1) is 12.2 Å². The van der Waals surface area contributed by atoms with E-state index in [9.17, 15) is 9.59 Å². The fraction of sp³-hybridized carbons (Fsp3) is 0.550. The third-order valence-electron chi connectivity index (χ3n) is 5.56. The molecule has 0 radical (unpaired) electrons. The molecule has 2 saturated carbocycles. The summed E-state index contributed by atoms with van der Waals surface area (Å²) in [5.41, 5.74) is 7.33. The van der Waals surface area contributed by atoms with Crippen molar-refractivity contribution in [2.24, 2.45) is 11.7 Å². The van der Waals surface area contributed by atoms with Crippen molar-refractivity contribution >= 4 is 28.7 Å². The van der Waals surface area contributed by atoms with Gasteiger partial charge in [0.2, 0.25) is 0 Å². The number of amides is 1. The quantitative estimate of drug-likeness (QED) is 0.784. The van der Waals surface area contributed by atoms with E-state index < -0.39 is 12.0 Å². The first-order valence-corrected chi connectivity index (χ1v) is 9.78. The van der Waals surface area contributed by atoms with Gasteiger partial charge >= 0.3 is 12.0 Å². The number of carbonyl (C=O) groups is 2. The summed E-state index contributed by atoms with van der Waals surface area (Å²) in [5.74, 6) is 0.692. The van der Waals surface area contributed by atoms with E-state index in [-0.39, 0.29) is 0 Å². The minimum Gasteiger partial charge on any atom is -0.462 e. The van der Waals surface area contributed by atoms with Gasteiger partial charge in [0, 0.05) is 23.8 Å². The van der Waals surface area contributed by atoms with E-state index in [0.29, 0.717) is 40.9 Å². The predicted molar refractivity (Wildman–Crippen MR) is 103 cm³/mol. The van der Waals surface area contributed by atoms with Crippen LogP contribution in [0, 0.1) is 12.8 Å². The minimum atomic E-state index is -0.593. The van der Waals surface area contributed by atoms with Crippen LogP contribution < -0.4 is 11.1 Å². The number of hydrogen-bond donors (Lipinski definition) is 2. The number of fused-ring (bicyclic) bond motifs is 1. The van der Waals surface area contributed by atoms with E-state index in [0.717, 1.165) is 31.2 Å². The van der Waals surface area contributed by atoms with Gasteiger partial charge in [-0.05, 0) is 44.1 Å². The molecule has 7 heteroatoms. The maximum atomic E-state index is 12.6. The lowest BCUT2D eigenvalue weighted by molar-refractivity contribution is 0.0488. The largest absolute Gasteiger partial charge is 0.462 e. The van der Waals surface area contributed by atoms with Crippen molar-refractivity contribution in [1.29, 1.82) is 0 Å². The molecule has 2 aromatic heterocycles. The average Bonchev–Trinajstić information content (AvgIpc) is 3.43. The van der Waals surface area contributed by atoms with Crippen LogP contribution in [0.3, 0.4) is 0 Å². The lowest BCUT2D eigenvalue weighted by Crippen LogP contribution is -2.25. The zero-order chi connectivity index (χ0) is 19.0. The molecule has 4 rings (SSSR count). The van der Waals surface area contributed by atoms with Crippen LogP contribution in [0.4, 0.5) is 10.6 Å². The number of nitrogens with one attached hydrogen (secondary N) is 1. The van der Waals surface area contributed by atoms with Gasteiger partial charge in [0.15, 0.2) is 5.82 Å². The van der Waals surface area contributed by atoms with Crippen LogP contribution in [0.15, 0.2) is 12.4 Å². The van der Waals surface area contributed by atoms with Crippen LogP contribution in [0.1, 0.15) is 60.9 Å². The third-order valence-corrected chi connectivity index (χ3v) is 5.56. The SMILES string of the molecule is Cc1cn(C(N)=O)c2c(NC3CCCCC3)ncc(C(=O)OCC3CC3)c12. The van der Waals surface area contributed by atoms with Gasteiger partial charge in [-0.1, -0.05) is 19.3 Å². The Hall–Kier alpha value is -2.57. The molecule has 1 amide bonds. The van der Waals surface area contributed by atoms with Crippen molar-refractivity contribution in [2.75, 3.05) is 11.9 Å². The Morgan fingerprint density at radius 2 is 2.00 bits per heavy atom. The molecular weight excluding hydrogens is 344 g/mol. The molecule has 144 valence electrons. The minimum absolute atomic E-state index is 0.318. The van der Waals surface area contributed by atoms with Gasteiger partial charge < -0.3 is 15.8 Å². The Morgan fingerprint density at radius 3 is 2.67 bits per heavy atom. The van der Waals surface area contributed by atoms with E-state index in [1.807, 2.05) is 6.92 Å². The number of pyridine rings is 1. The number of nitrogens with zero attached hydrogens (tertiary/aromatic N) is 2. The number of rotatable bonds is 5. The van der Waals surface area contributed by atoms with Crippen LogP contribution in [0.25, 0.3) is 10.9 Å². The molecule has 3 N–H and O–H groups in total. The number of carbonyl (C=O) groups excluding carboxylic acids is 2. The molecule has 0 saturated heterocycles. The maximum absolute atomic E-state index is 12.6. The first-order chi connectivity index (χ1) is 13.0. The van der Waals surface area contributed by atoms with Gasteiger partial charge in [-0.15, -0.1) is 0 Å². The summed E-state index contributed by atoms with van der Waals surface area (Å²) in [4.78, 5) is 29.1. The number of ether oxygens (including phenoxy) is 1. The average molecular weight is 370 g/mol. The predicted octanol–water partition coefficient (Wildman–Crippen LogP) is 3.58. The summed E-state index contributed by atoms with van der Waals surface area (Å²) in [6, 6.07) is -0.274. The molecule has 0 unspecified atom stereocenters. The van der Waals surface area contributed by atoms with Crippen molar-refractivity contribution < 1.29 is 14.3 Å². The van der Waals surface area contributed by atoms with Gasteiger partial charge in [-0.2, -0.15) is 0 Å². The van der Waals surface area contributed by atoms with E-state index >= 15 is 0 Å². The van der Waals surface area contributed by atoms with E-state index in [1.54, 1.807) is 12.4 Å². The molecule has 0 aliphatic heterocycles. The van der Waals surface area contributed by atoms with Crippen molar-refractivity contribution in [3.05, 3.63) is 23.5 Å². The third kappa shape index (κ3) is 3.63. The Labute approximate surface area is 158 Å². The summed E-state index contributed by atoms with van der Waals surface area (Å²) in [7, 11) is 0. The number of aryl methyl sites for hydroxylation is 1. The number of anilines is 1. The molecule has 2 heterocycles. The van der Waals surface area contributed by atoms with Gasteiger partial charge in [-0.25, -0.2) is 14.6 Å². The second kappa shape index (κ2) is 7.21. The van der Waals surface area contributed by atoms with E-state index in [4.69, 9.17) is 10.5 Å². The highest BCUT2D eigenvalue weighted by Crippen LogP contribution is 2.33. The van der Waals surface area contributed by atoms with Crippen LogP contribution in [-0.2, 0) is 4.74 Å². The summed E-state index contributed by atoms with van der Waals surface area (Å²) >= 11 is 0. The molecule has 2 fully saturated rings. The molecule has 27 heavy (non-hydrogen) atoms. The second-order valence-corrected chi connectivity index (χ2v) is 7.79. The lowest BCUT2D eigenvalue weighted by Gasteiger charge is -2.24. The van der Waals surface area contributed by atoms with Crippen LogP contribution >= 0.6 is 0 Å². The number of esters is 1. The van der Waals surface area contributed by atoms with Crippen LogP contribution in [0.5, 0.6) is 0 Å². The zero-order valence-corrected chi connectivity index (χ0v) is 15.7. The monoisotopic (exact) mass is 370 g/mol. The Morgan fingerprint density at radius 1 is 1.26 bits per heavy atom. The Balaban J connectivity index is 1.73. The van der Waals surface area contributed by atoms with Crippen molar-refractivity contribution in [3.8, 4) is 0 Å². The van der Waals surface area contributed by atoms with Gasteiger partial charge in [-0.3, -0.25) is 4.57 Å². The van der Waals surface area contributed by atoms with Crippen LogP contribution in [0.2, 0.25) is 0 Å². The first kappa shape index (κ1) is 17.8. The highest BCUT2D eigenvalue weighted by molar-refractivity contribution is 6.10. The van der Waals surface area contributed by atoms with E-state index in [2.05, 4.69) is 10.3 Å². The smallest absolute Gasteiger partial charge is 0.340 e. The topological polar surface area (TPSA) is 99.2 Å². The normalized spacial score (nSPS) is 17.8. The highest BCUT2D eigenvalue weighted by atomic mass is 16.5. The zero-order valence-electron chi connectivity index (χ0n) is 15.7. The van der Waals surface area contributed by atoms with E-state index in [1.165, 1.54) is 23.8 Å². The standard InChI is InChI=1S/C20H26N4O3/c1-12-10-24(20(21)26)17-16(12)15(19(25)27-11-13-7-8-13)9-22-18(17)23-14-5-3-2-4-6-14/h9-10,13-14H,2-8,11H2,1H3,(H2,21,26)(H,22,23). The molecule has 0 bridgehead atoms. The fourth-order valence-corrected chi connectivity index (χ4v) is 3.89. The number of primary amides is 1.